The van der Waals surface area contributed by atoms with Crippen molar-refractivity contribution in [1.82, 2.24) is 4.98 Å². The molecule has 0 radical (unpaired) electrons. The van der Waals surface area contributed by atoms with Crippen LogP contribution >= 0.6 is 11.3 Å². The molecule has 27 heavy (non-hydrogen) atoms. The zero-order valence-electron chi connectivity index (χ0n) is 14.7. The Labute approximate surface area is 161 Å². The summed E-state index contributed by atoms with van der Waals surface area (Å²) in [6, 6.07) is 13.6. The molecule has 2 aromatic heterocycles. The highest BCUT2D eigenvalue weighted by Gasteiger charge is 2.27. The molecule has 4 rings (SSSR count). The van der Waals surface area contributed by atoms with E-state index in [0.717, 1.165) is 28.6 Å². The molecule has 0 bridgehead atoms. The Balaban J connectivity index is 1.40. The molecule has 1 fully saturated rings. The standard InChI is InChI=1S/C21H20N2O3S/c24-20(19-11-15-3-1-2-4-18(15)27-19)23-16-9-10-17(22-12-16)13-5-7-14(8-6-13)21(25)26/h1-4,9-14H,5-8H2,(H,23,24)(H,25,26)/t13-,14-. The van der Waals surface area contributed by atoms with E-state index in [1.807, 2.05) is 42.5 Å². The van der Waals surface area contributed by atoms with Gasteiger partial charge in [-0.3, -0.25) is 14.6 Å². The zero-order valence-corrected chi connectivity index (χ0v) is 15.5. The van der Waals surface area contributed by atoms with Crippen LogP contribution in [0.25, 0.3) is 10.1 Å². The maximum Gasteiger partial charge on any atom is 0.306 e. The average Bonchev–Trinajstić information content (AvgIpc) is 3.13. The number of hydrogen-bond donors (Lipinski definition) is 2. The molecule has 0 spiro atoms. The maximum atomic E-state index is 12.5. The van der Waals surface area contributed by atoms with Crippen molar-refractivity contribution in [2.45, 2.75) is 31.6 Å². The number of fused-ring (bicyclic) bond motifs is 1. The number of hydrogen-bond acceptors (Lipinski definition) is 4. The van der Waals surface area contributed by atoms with Gasteiger partial charge in [-0.05, 0) is 55.3 Å². The third-order valence-corrected chi connectivity index (χ3v) is 6.30. The number of rotatable bonds is 4. The van der Waals surface area contributed by atoms with Gasteiger partial charge in [-0.15, -0.1) is 11.3 Å². The number of carbonyl (C=O) groups is 2. The first-order chi connectivity index (χ1) is 13.1. The Bertz CT molecular complexity index is 940. The van der Waals surface area contributed by atoms with Gasteiger partial charge in [0.2, 0.25) is 0 Å². The van der Waals surface area contributed by atoms with Crippen molar-refractivity contribution in [3.63, 3.8) is 0 Å². The summed E-state index contributed by atoms with van der Waals surface area (Å²) in [5.41, 5.74) is 1.64. The fraction of sp³-hybridized carbons (Fsp3) is 0.286. The molecular formula is C21H20N2O3S. The monoisotopic (exact) mass is 380 g/mol. The molecule has 0 atom stereocenters. The van der Waals surface area contributed by atoms with Gasteiger partial charge in [-0.25, -0.2) is 0 Å². The number of carbonyl (C=O) groups excluding carboxylic acids is 1. The van der Waals surface area contributed by atoms with Gasteiger partial charge in [0.25, 0.3) is 5.91 Å². The van der Waals surface area contributed by atoms with Gasteiger partial charge in [-0.2, -0.15) is 0 Å². The average molecular weight is 380 g/mol. The lowest BCUT2D eigenvalue weighted by molar-refractivity contribution is -0.142. The molecule has 0 unspecified atom stereocenters. The zero-order chi connectivity index (χ0) is 18.8. The first-order valence-corrected chi connectivity index (χ1v) is 9.90. The van der Waals surface area contributed by atoms with E-state index in [1.54, 1.807) is 6.20 Å². The number of thiophene rings is 1. The number of carboxylic acid groups (broad SMARTS) is 1. The van der Waals surface area contributed by atoms with Crippen LogP contribution in [0.15, 0.2) is 48.7 Å². The Kier molecular flexibility index (Phi) is 4.90. The number of nitrogens with one attached hydrogen (secondary N) is 1. The summed E-state index contributed by atoms with van der Waals surface area (Å²) in [4.78, 5) is 28.7. The summed E-state index contributed by atoms with van der Waals surface area (Å²) in [5, 5.41) is 13.1. The number of aromatic nitrogens is 1. The maximum absolute atomic E-state index is 12.5. The molecule has 1 aliphatic carbocycles. The van der Waals surface area contributed by atoms with Crippen molar-refractivity contribution in [2.24, 2.45) is 5.92 Å². The third-order valence-electron chi connectivity index (χ3n) is 5.19. The molecule has 2 heterocycles. The predicted molar refractivity (Wildman–Crippen MR) is 106 cm³/mol. The summed E-state index contributed by atoms with van der Waals surface area (Å²) < 4.78 is 1.09. The van der Waals surface area contributed by atoms with Crippen LogP contribution in [-0.4, -0.2) is 22.0 Å². The second-order valence-electron chi connectivity index (χ2n) is 6.96. The second kappa shape index (κ2) is 7.48. The number of benzene rings is 1. The van der Waals surface area contributed by atoms with E-state index in [9.17, 15) is 9.59 Å². The van der Waals surface area contributed by atoms with Crippen LogP contribution in [0, 0.1) is 5.92 Å². The molecule has 3 aromatic rings. The van der Waals surface area contributed by atoms with Crippen LogP contribution in [0.5, 0.6) is 0 Å². The van der Waals surface area contributed by atoms with Gasteiger partial charge in [0.05, 0.1) is 22.7 Å². The molecule has 6 heteroatoms. The number of nitrogens with zero attached hydrogens (tertiary/aromatic N) is 1. The molecular weight excluding hydrogens is 360 g/mol. The number of pyridine rings is 1. The Hall–Kier alpha value is -2.73. The highest BCUT2D eigenvalue weighted by molar-refractivity contribution is 7.20. The highest BCUT2D eigenvalue weighted by atomic mass is 32.1. The van der Waals surface area contributed by atoms with Crippen molar-refractivity contribution in [1.29, 1.82) is 0 Å². The van der Waals surface area contributed by atoms with Gasteiger partial charge < -0.3 is 10.4 Å². The topological polar surface area (TPSA) is 79.3 Å². The van der Waals surface area contributed by atoms with E-state index in [-0.39, 0.29) is 11.8 Å². The molecule has 5 nitrogen and oxygen atoms in total. The second-order valence-corrected chi connectivity index (χ2v) is 8.04. The minimum absolute atomic E-state index is 0.132. The Morgan fingerprint density at radius 2 is 1.85 bits per heavy atom. The molecule has 0 saturated heterocycles. The highest BCUT2D eigenvalue weighted by Crippen LogP contribution is 2.35. The first-order valence-electron chi connectivity index (χ1n) is 9.09. The van der Waals surface area contributed by atoms with Gasteiger partial charge in [0.15, 0.2) is 0 Å². The SMILES string of the molecule is O=C(Nc1ccc([C@H]2CC[C@H](C(=O)O)CC2)nc1)c1cc2ccccc2s1. The molecule has 1 saturated carbocycles. The van der Waals surface area contributed by atoms with Crippen molar-refractivity contribution in [3.05, 3.63) is 59.2 Å². The molecule has 1 amide bonds. The largest absolute Gasteiger partial charge is 0.481 e. The van der Waals surface area contributed by atoms with E-state index in [1.165, 1.54) is 11.3 Å². The Morgan fingerprint density at radius 1 is 1.07 bits per heavy atom. The number of aliphatic carboxylic acids is 1. The van der Waals surface area contributed by atoms with Crippen molar-refractivity contribution >= 4 is 39.0 Å². The Morgan fingerprint density at radius 3 is 2.52 bits per heavy atom. The molecule has 0 aliphatic heterocycles. The molecule has 1 aromatic carbocycles. The van der Waals surface area contributed by atoms with Crippen LogP contribution in [0.4, 0.5) is 5.69 Å². The van der Waals surface area contributed by atoms with E-state index in [2.05, 4.69) is 10.3 Å². The summed E-state index contributed by atoms with van der Waals surface area (Å²) >= 11 is 1.47. The fourth-order valence-electron chi connectivity index (χ4n) is 3.64. The van der Waals surface area contributed by atoms with Crippen molar-refractivity contribution in [3.8, 4) is 0 Å². The number of carboxylic acids is 1. The van der Waals surface area contributed by atoms with Crippen molar-refractivity contribution < 1.29 is 14.7 Å². The van der Waals surface area contributed by atoms with Crippen LogP contribution in [0.2, 0.25) is 0 Å². The van der Waals surface area contributed by atoms with E-state index in [4.69, 9.17) is 5.11 Å². The van der Waals surface area contributed by atoms with Crippen LogP contribution < -0.4 is 5.32 Å². The summed E-state index contributed by atoms with van der Waals surface area (Å²) in [5.74, 6) is -0.748. The number of anilines is 1. The quantitative estimate of drug-likeness (QED) is 0.674. The van der Waals surface area contributed by atoms with Crippen LogP contribution in [0.1, 0.15) is 47.0 Å². The summed E-state index contributed by atoms with van der Waals surface area (Å²) in [6.07, 6.45) is 4.77. The van der Waals surface area contributed by atoms with Crippen LogP contribution in [0.3, 0.4) is 0 Å². The smallest absolute Gasteiger partial charge is 0.306 e. The van der Waals surface area contributed by atoms with Crippen LogP contribution in [-0.2, 0) is 4.79 Å². The van der Waals surface area contributed by atoms with Gasteiger partial charge in [0.1, 0.15) is 0 Å². The normalized spacial score (nSPS) is 19.7. The summed E-state index contributed by atoms with van der Waals surface area (Å²) in [7, 11) is 0. The lowest BCUT2D eigenvalue weighted by Crippen LogP contribution is -2.21. The lowest BCUT2D eigenvalue weighted by atomic mass is 9.80. The minimum atomic E-state index is -0.694. The van der Waals surface area contributed by atoms with E-state index >= 15 is 0 Å². The predicted octanol–water partition coefficient (Wildman–Crippen LogP) is 4.91. The van der Waals surface area contributed by atoms with E-state index < -0.39 is 5.97 Å². The fourth-order valence-corrected chi connectivity index (χ4v) is 4.60. The lowest BCUT2D eigenvalue weighted by Gasteiger charge is -2.25. The number of amides is 1. The first kappa shape index (κ1) is 17.7. The van der Waals surface area contributed by atoms with Gasteiger partial charge >= 0.3 is 5.97 Å². The minimum Gasteiger partial charge on any atom is -0.481 e. The molecule has 1 aliphatic rings. The van der Waals surface area contributed by atoms with E-state index in [0.29, 0.717) is 29.3 Å². The van der Waals surface area contributed by atoms with Gasteiger partial charge in [-0.1, -0.05) is 18.2 Å². The summed E-state index contributed by atoms with van der Waals surface area (Å²) in [6.45, 7) is 0. The third kappa shape index (κ3) is 3.85. The molecule has 2 N–H and O–H groups in total. The van der Waals surface area contributed by atoms with Crippen molar-refractivity contribution in [2.75, 3.05) is 5.32 Å². The molecule has 138 valence electrons. The van der Waals surface area contributed by atoms with Gasteiger partial charge in [0, 0.05) is 16.3 Å².